The Morgan fingerprint density at radius 2 is 2.05 bits per heavy atom. The number of piperidine rings is 1. The van der Waals surface area contributed by atoms with Gasteiger partial charge in [0.1, 0.15) is 6.10 Å². The number of benzene rings is 2. The zero-order chi connectivity index (χ0) is 27.7. The molecule has 2 aliphatic carbocycles. The van der Waals surface area contributed by atoms with Crippen molar-refractivity contribution in [2.24, 2.45) is 5.92 Å². The summed E-state index contributed by atoms with van der Waals surface area (Å²) in [4.78, 5) is 17.4. The van der Waals surface area contributed by atoms with Crippen LogP contribution in [0.1, 0.15) is 47.1 Å². The molecule has 6 rings (SSSR count). The number of phenols is 1. The quantitative estimate of drug-likeness (QED) is 0.452. The first-order chi connectivity index (χ1) is 18.6. The predicted molar refractivity (Wildman–Crippen MR) is 140 cm³/mol. The molecule has 2 bridgehead atoms. The van der Waals surface area contributed by atoms with Crippen molar-refractivity contribution in [2.75, 3.05) is 20.1 Å². The van der Waals surface area contributed by atoms with Gasteiger partial charge in [-0.05, 0) is 86.5 Å². The fourth-order valence-electron chi connectivity index (χ4n) is 7.76. The van der Waals surface area contributed by atoms with Crippen molar-refractivity contribution in [1.29, 1.82) is 0 Å². The molecule has 2 fully saturated rings. The second-order valence-electron chi connectivity index (χ2n) is 11.3. The van der Waals surface area contributed by atoms with E-state index in [-0.39, 0.29) is 23.3 Å². The summed E-state index contributed by atoms with van der Waals surface area (Å²) in [6, 6.07) is 6.35. The third-order valence-electron chi connectivity index (χ3n) is 9.46. The van der Waals surface area contributed by atoms with Gasteiger partial charge in [-0.25, -0.2) is 0 Å². The number of nitrogens with zero attached hydrogens (tertiary/aromatic N) is 2. The first-order valence-electron chi connectivity index (χ1n) is 13.4. The number of alkyl halides is 3. The van der Waals surface area contributed by atoms with Crippen molar-refractivity contribution in [1.82, 2.24) is 9.80 Å². The molecule has 204 valence electrons. The van der Waals surface area contributed by atoms with Crippen molar-refractivity contribution >= 4 is 5.91 Å². The summed E-state index contributed by atoms with van der Waals surface area (Å²) in [7, 11) is 1.72. The molecule has 0 radical (unpaired) electrons. The van der Waals surface area contributed by atoms with Gasteiger partial charge in [-0.2, -0.15) is 13.2 Å². The number of rotatable bonds is 3. The molecule has 5 nitrogen and oxygen atoms in total. The monoisotopic (exact) mass is 536 g/mol. The Kier molecular flexibility index (Phi) is 5.99. The molecule has 4 aliphatic rings. The smallest absolute Gasteiger partial charge is 0.416 e. The molecule has 0 aromatic heterocycles. The molecule has 2 aliphatic heterocycles. The summed E-state index contributed by atoms with van der Waals surface area (Å²) >= 11 is 0. The molecule has 1 spiro atoms. The normalized spacial score (nSPS) is 28.5. The van der Waals surface area contributed by atoms with E-state index in [1.165, 1.54) is 17.7 Å². The van der Waals surface area contributed by atoms with Gasteiger partial charge in [0.05, 0.1) is 11.6 Å². The standard InChI is InChI=1S/C31H31F3N2O3/c1-4-14-36-15-13-30-22-10-11-23(29(30)39-28-25(37)16-18(2)21(27(28)30)17-24(22)36)35(3)26(38)12-7-19-5-8-20(9-6-19)31(32,33)34/h4-6,8-9,16,22-24,29,37H,1,10-11,13-15,17H2,2-3H3/t22-,23+,24+,29-,30-/m0/s1. The van der Waals surface area contributed by atoms with Crippen LogP contribution in [0.25, 0.3) is 0 Å². The summed E-state index contributed by atoms with van der Waals surface area (Å²) in [5, 5.41) is 10.9. The summed E-state index contributed by atoms with van der Waals surface area (Å²) in [6.07, 6.45) is 0.648. The average molecular weight is 537 g/mol. The highest BCUT2D eigenvalue weighted by Gasteiger charge is 2.66. The first-order valence-corrected chi connectivity index (χ1v) is 13.4. The second-order valence-corrected chi connectivity index (χ2v) is 11.3. The molecule has 1 saturated carbocycles. The predicted octanol–water partition coefficient (Wildman–Crippen LogP) is 4.82. The lowest BCUT2D eigenvalue weighted by Crippen LogP contribution is -2.68. The fraction of sp³-hybridized carbons (Fsp3) is 0.452. The Bertz CT molecular complexity index is 1410. The van der Waals surface area contributed by atoms with Crippen LogP contribution in [0.15, 0.2) is 43.0 Å². The van der Waals surface area contributed by atoms with E-state index in [9.17, 15) is 23.1 Å². The zero-order valence-corrected chi connectivity index (χ0v) is 22.0. The molecule has 1 amide bonds. The third-order valence-corrected chi connectivity index (χ3v) is 9.46. The lowest BCUT2D eigenvalue weighted by molar-refractivity contribution is -0.137. The third kappa shape index (κ3) is 3.85. The van der Waals surface area contributed by atoms with Crippen LogP contribution >= 0.6 is 0 Å². The number of carbonyl (C=O) groups excluding carboxylic acids is 1. The van der Waals surface area contributed by atoms with Gasteiger partial charge in [0.2, 0.25) is 0 Å². The molecule has 0 unspecified atom stereocenters. The maximum atomic E-state index is 13.2. The summed E-state index contributed by atoms with van der Waals surface area (Å²) in [5.74, 6) is 5.98. The van der Waals surface area contributed by atoms with E-state index in [1.807, 2.05) is 13.0 Å². The molecule has 2 aromatic rings. The number of halogens is 3. The number of likely N-dealkylation sites (tertiary alicyclic amines) is 1. The summed E-state index contributed by atoms with van der Waals surface area (Å²) in [5.41, 5.74) is 2.72. The SMILES string of the molecule is C=CCN1CC[C@]23c4c5c(C)cc(O)c4O[C@H]2[C@H](N(C)C(=O)C#Cc2ccc(C(F)(F)F)cc2)CC[C@H]3[C@H]1C5. The lowest BCUT2D eigenvalue weighted by Gasteiger charge is -2.60. The number of hydrogen-bond acceptors (Lipinski definition) is 4. The molecule has 1 N–H and O–H groups in total. The largest absolute Gasteiger partial charge is 0.504 e. The van der Waals surface area contributed by atoms with Crippen LogP contribution in [0.5, 0.6) is 11.5 Å². The van der Waals surface area contributed by atoms with E-state index in [4.69, 9.17) is 4.74 Å². The van der Waals surface area contributed by atoms with Crippen LogP contribution in [0.4, 0.5) is 13.2 Å². The Morgan fingerprint density at radius 3 is 2.74 bits per heavy atom. The number of ether oxygens (including phenoxy) is 1. The van der Waals surface area contributed by atoms with Crippen LogP contribution in [-0.2, 0) is 22.8 Å². The molecule has 8 heteroatoms. The summed E-state index contributed by atoms with van der Waals surface area (Å²) in [6.45, 7) is 7.72. The molecule has 5 atom stereocenters. The van der Waals surface area contributed by atoms with E-state index < -0.39 is 17.6 Å². The topological polar surface area (TPSA) is 53.0 Å². The molecule has 2 heterocycles. The van der Waals surface area contributed by atoms with E-state index in [0.29, 0.717) is 23.3 Å². The van der Waals surface area contributed by atoms with Gasteiger partial charge in [0, 0.05) is 42.1 Å². The molecule has 1 saturated heterocycles. The summed E-state index contributed by atoms with van der Waals surface area (Å²) < 4.78 is 45.2. The minimum absolute atomic E-state index is 0.149. The fourth-order valence-corrected chi connectivity index (χ4v) is 7.76. The molecule has 2 aromatic carbocycles. The van der Waals surface area contributed by atoms with Gasteiger partial charge in [-0.15, -0.1) is 6.58 Å². The van der Waals surface area contributed by atoms with Crippen molar-refractivity contribution < 1.29 is 27.8 Å². The van der Waals surface area contributed by atoms with E-state index >= 15 is 0 Å². The number of phenolic OH excluding ortho intramolecular Hbond substituents is 1. The highest BCUT2D eigenvalue weighted by atomic mass is 19.4. The number of amides is 1. The van der Waals surface area contributed by atoms with Crippen LogP contribution in [0.2, 0.25) is 0 Å². The van der Waals surface area contributed by atoms with E-state index in [0.717, 1.165) is 62.0 Å². The van der Waals surface area contributed by atoms with E-state index in [2.05, 4.69) is 23.3 Å². The van der Waals surface area contributed by atoms with Gasteiger partial charge >= 0.3 is 6.18 Å². The zero-order valence-electron chi connectivity index (χ0n) is 22.0. The van der Waals surface area contributed by atoms with Gasteiger partial charge in [0.25, 0.3) is 5.91 Å². The van der Waals surface area contributed by atoms with Crippen LogP contribution in [-0.4, -0.2) is 59.1 Å². The second kappa shape index (κ2) is 9.06. The van der Waals surface area contributed by atoms with Gasteiger partial charge < -0.3 is 14.7 Å². The van der Waals surface area contributed by atoms with Gasteiger partial charge in [-0.3, -0.25) is 9.69 Å². The number of hydrogen-bond donors (Lipinski definition) is 1. The minimum Gasteiger partial charge on any atom is -0.504 e. The van der Waals surface area contributed by atoms with Gasteiger partial charge in [0.15, 0.2) is 11.5 Å². The highest BCUT2D eigenvalue weighted by Crippen LogP contribution is 2.64. The van der Waals surface area contributed by atoms with Gasteiger partial charge in [-0.1, -0.05) is 12.0 Å². The molecular weight excluding hydrogens is 505 g/mol. The Hall–Kier alpha value is -3.44. The minimum atomic E-state index is -4.42. The maximum absolute atomic E-state index is 13.2. The lowest BCUT2D eigenvalue weighted by atomic mass is 9.50. The highest BCUT2D eigenvalue weighted by molar-refractivity contribution is 5.94. The van der Waals surface area contributed by atoms with E-state index in [1.54, 1.807) is 18.0 Å². The Labute approximate surface area is 226 Å². The molecular formula is C31H31F3N2O3. The maximum Gasteiger partial charge on any atom is 0.416 e. The Balaban J connectivity index is 1.32. The van der Waals surface area contributed by atoms with Crippen molar-refractivity contribution in [2.45, 2.75) is 62.4 Å². The van der Waals surface area contributed by atoms with Crippen LogP contribution in [0.3, 0.4) is 0 Å². The number of likely N-dealkylation sites (N-methyl/N-ethyl adjacent to an activating group) is 1. The average Bonchev–Trinajstić information content (AvgIpc) is 3.24. The van der Waals surface area contributed by atoms with Crippen molar-refractivity contribution in [3.05, 3.63) is 70.8 Å². The van der Waals surface area contributed by atoms with Crippen LogP contribution < -0.4 is 4.74 Å². The Morgan fingerprint density at radius 1 is 1.31 bits per heavy atom. The van der Waals surface area contributed by atoms with Crippen molar-refractivity contribution in [3.63, 3.8) is 0 Å². The number of aromatic hydroxyl groups is 1. The number of aryl methyl sites for hydroxylation is 1. The first kappa shape index (κ1) is 25.8. The number of carbonyl (C=O) groups is 1. The molecule has 39 heavy (non-hydrogen) atoms. The van der Waals surface area contributed by atoms with Crippen LogP contribution in [0, 0.1) is 24.7 Å². The van der Waals surface area contributed by atoms with Crippen molar-refractivity contribution in [3.8, 4) is 23.3 Å².